The van der Waals surface area contributed by atoms with Crippen LogP contribution >= 0.6 is 0 Å². The Bertz CT molecular complexity index is 524. The molecule has 0 radical (unpaired) electrons. The zero-order valence-electron chi connectivity index (χ0n) is 11.0. The van der Waals surface area contributed by atoms with Crippen molar-refractivity contribution in [2.45, 2.75) is 12.5 Å². The lowest BCUT2D eigenvalue weighted by molar-refractivity contribution is -0.130. The van der Waals surface area contributed by atoms with Crippen molar-refractivity contribution < 1.29 is 14.3 Å². The summed E-state index contributed by atoms with van der Waals surface area (Å²) in [4.78, 5) is 24.7. The van der Waals surface area contributed by atoms with Gasteiger partial charge in [0.2, 0.25) is 0 Å². The monoisotopic (exact) mass is 260 g/mol. The number of nitrogens with zero attached hydrogens (tertiary/aromatic N) is 1. The van der Waals surface area contributed by atoms with Crippen LogP contribution in [0.2, 0.25) is 0 Å². The van der Waals surface area contributed by atoms with Crippen LogP contribution in [0.1, 0.15) is 12.5 Å². The minimum atomic E-state index is -1.01. The van der Waals surface area contributed by atoms with E-state index in [1.54, 1.807) is 37.3 Å². The zero-order valence-corrected chi connectivity index (χ0v) is 11.0. The second-order valence-electron chi connectivity index (χ2n) is 4.54. The number of carbonyl (C=O) groups is 2. The highest BCUT2D eigenvalue weighted by atomic mass is 16.5. The molecule has 0 aliphatic carbocycles. The second-order valence-corrected chi connectivity index (χ2v) is 4.54. The number of rotatable bonds is 4. The fraction of sp³-hybridized carbons (Fsp3) is 0.286. The Morgan fingerprint density at radius 2 is 2.00 bits per heavy atom. The van der Waals surface area contributed by atoms with Gasteiger partial charge >= 0.3 is 6.03 Å². The summed E-state index contributed by atoms with van der Waals surface area (Å²) in [5, 5.41) is 2.69. The lowest BCUT2D eigenvalue weighted by Gasteiger charge is -2.21. The number of likely N-dealkylation sites (N-methyl/N-ethyl adjacent to an activating group) is 1. The molecule has 1 heterocycles. The SMILES string of the molecule is C=CCOc1ccc(C2(C)NC(=O)N(C)C2=O)cc1. The van der Waals surface area contributed by atoms with E-state index in [0.717, 1.165) is 10.5 Å². The Morgan fingerprint density at radius 1 is 1.37 bits per heavy atom. The van der Waals surface area contributed by atoms with Gasteiger partial charge in [-0.2, -0.15) is 0 Å². The van der Waals surface area contributed by atoms with Gasteiger partial charge in [0.05, 0.1) is 0 Å². The molecule has 1 unspecified atom stereocenters. The van der Waals surface area contributed by atoms with Crippen molar-refractivity contribution in [2.75, 3.05) is 13.7 Å². The summed E-state index contributed by atoms with van der Waals surface area (Å²) >= 11 is 0. The maximum absolute atomic E-state index is 12.1. The molecule has 1 aromatic carbocycles. The van der Waals surface area contributed by atoms with E-state index in [9.17, 15) is 9.59 Å². The number of nitrogens with one attached hydrogen (secondary N) is 1. The van der Waals surface area contributed by atoms with E-state index in [1.807, 2.05) is 0 Å². The quantitative estimate of drug-likeness (QED) is 0.661. The molecular formula is C14H16N2O3. The average Bonchev–Trinajstić information content (AvgIpc) is 2.62. The largest absolute Gasteiger partial charge is 0.490 e. The van der Waals surface area contributed by atoms with Crippen molar-refractivity contribution in [2.24, 2.45) is 0 Å². The smallest absolute Gasteiger partial charge is 0.325 e. The molecule has 1 aliphatic heterocycles. The maximum atomic E-state index is 12.1. The first-order valence-electron chi connectivity index (χ1n) is 5.93. The van der Waals surface area contributed by atoms with Gasteiger partial charge in [0.25, 0.3) is 5.91 Å². The summed E-state index contributed by atoms with van der Waals surface area (Å²) in [5.41, 5.74) is -0.288. The topological polar surface area (TPSA) is 58.6 Å². The molecule has 1 atom stereocenters. The fourth-order valence-electron chi connectivity index (χ4n) is 2.01. The molecule has 0 spiro atoms. The van der Waals surface area contributed by atoms with Crippen LogP contribution in [0.15, 0.2) is 36.9 Å². The Balaban J connectivity index is 2.24. The first-order chi connectivity index (χ1) is 8.99. The van der Waals surface area contributed by atoms with Crippen LogP contribution in [0.5, 0.6) is 5.75 Å². The van der Waals surface area contributed by atoms with Crippen molar-refractivity contribution in [3.8, 4) is 5.75 Å². The minimum absolute atomic E-state index is 0.266. The van der Waals surface area contributed by atoms with Crippen LogP contribution < -0.4 is 10.1 Å². The standard InChI is InChI=1S/C14H16N2O3/c1-4-9-19-11-7-5-10(6-8-11)14(2)12(17)16(3)13(18)15-14/h4-8H,1,9H2,2-3H3,(H,15,18). The number of hydrogen-bond donors (Lipinski definition) is 1. The van der Waals surface area contributed by atoms with Crippen molar-refractivity contribution >= 4 is 11.9 Å². The van der Waals surface area contributed by atoms with E-state index in [-0.39, 0.29) is 11.9 Å². The van der Waals surface area contributed by atoms with Gasteiger partial charge in [0.1, 0.15) is 17.9 Å². The number of urea groups is 1. The molecule has 0 saturated carbocycles. The molecule has 1 saturated heterocycles. The van der Waals surface area contributed by atoms with Gasteiger partial charge in [-0.25, -0.2) is 4.79 Å². The molecule has 0 bridgehead atoms. The highest BCUT2D eigenvalue weighted by Gasteiger charge is 2.47. The van der Waals surface area contributed by atoms with Crippen molar-refractivity contribution in [1.82, 2.24) is 10.2 Å². The molecular weight excluding hydrogens is 244 g/mol. The predicted octanol–water partition coefficient (Wildman–Crippen LogP) is 1.65. The van der Waals surface area contributed by atoms with E-state index in [4.69, 9.17) is 4.74 Å². The first kappa shape index (κ1) is 13.1. The van der Waals surface area contributed by atoms with E-state index < -0.39 is 5.54 Å². The van der Waals surface area contributed by atoms with Crippen LogP contribution in [-0.2, 0) is 10.3 Å². The average molecular weight is 260 g/mol. The lowest BCUT2D eigenvalue weighted by Crippen LogP contribution is -2.40. The van der Waals surface area contributed by atoms with Crippen LogP contribution in [0.4, 0.5) is 4.79 Å². The Labute approximate surface area is 111 Å². The summed E-state index contributed by atoms with van der Waals surface area (Å²) < 4.78 is 5.37. The number of imide groups is 1. The van der Waals surface area contributed by atoms with Crippen LogP contribution in [0, 0.1) is 0 Å². The van der Waals surface area contributed by atoms with Crippen molar-refractivity contribution in [3.05, 3.63) is 42.5 Å². The van der Waals surface area contributed by atoms with Gasteiger partial charge in [-0.3, -0.25) is 9.69 Å². The molecule has 1 aliphatic rings. The van der Waals surface area contributed by atoms with Gasteiger partial charge < -0.3 is 10.1 Å². The maximum Gasteiger partial charge on any atom is 0.325 e. The third kappa shape index (κ3) is 2.19. The van der Waals surface area contributed by atoms with Crippen molar-refractivity contribution in [1.29, 1.82) is 0 Å². The molecule has 2 rings (SSSR count). The number of amides is 3. The van der Waals surface area contributed by atoms with Gasteiger partial charge in [-0.05, 0) is 24.6 Å². The minimum Gasteiger partial charge on any atom is -0.490 e. The van der Waals surface area contributed by atoms with E-state index in [2.05, 4.69) is 11.9 Å². The predicted molar refractivity (Wildman–Crippen MR) is 70.8 cm³/mol. The zero-order chi connectivity index (χ0) is 14.0. The third-order valence-corrected chi connectivity index (χ3v) is 3.19. The Hall–Kier alpha value is -2.30. The van der Waals surface area contributed by atoms with Gasteiger partial charge in [0.15, 0.2) is 0 Å². The van der Waals surface area contributed by atoms with Gasteiger partial charge in [-0.15, -0.1) is 0 Å². The molecule has 0 aromatic heterocycles. The summed E-state index contributed by atoms with van der Waals surface area (Å²) in [6, 6.07) is 6.69. The molecule has 19 heavy (non-hydrogen) atoms. The van der Waals surface area contributed by atoms with Crippen LogP contribution in [0.25, 0.3) is 0 Å². The lowest BCUT2D eigenvalue weighted by atomic mass is 9.92. The molecule has 1 aromatic rings. The fourth-order valence-corrected chi connectivity index (χ4v) is 2.01. The number of ether oxygens (including phenoxy) is 1. The Morgan fingerprint density at radius 3 is 2.47 bits per heavy atom. The number of hydrogen-bond acceptors (Lipinski definition) is 3. The normalized spacial score (nSPS) is 22.3. The summed E-state index contributed by atoms with van der Waals surface area (Å²) in [5.74, 6) is 0.426. The van der Waals surface area contributed by atoms with Crippen LogP contribution in [-0.4, -0.2) is 30.5 Å². The summed E-state index contributed by atoms with van der Waals surface area (Å²) in [7, 11) is 1.46. The highest BCUT2D eigenvalue weighted by Crippen LogP contribution is 2.29. The van der Waals surface area contributed by atoms with Gasteiger partial charge in [-0.1, -0.05) is 24.8 Å². The van der Waals surface area contributed by atoms with E-state index >= 15 is 0 Å². The van der Waals surface area contributed by atoms with Crippen molar-refractivity contribution in [3.63, 3.8) is 0 Å². The summed E-state index contributed by atoms with van der Waals surface area (Å²) in [6.45, 7) is 5.69. The summed E-state index contributed by atoms with van der Waals surface area (Å²) in [6.07, 6.45) is 1.66. The molecule has 5 nitrogen and oxygen atoms in total. The number of carbonyl (C=O) groups excluding carboxylic acids is 2. The van der Waals surface area contributed by atoms with E-state index in [0.29, 0.717) is 12.4 Å². The highest BCUT2D eigenvalue weighted by molar-refractivity contribution is 6.06. The van der Waals surface area contributed by atoms with Crippen LogP contribution in [0.3, 0.4) is 0 Å². The second kappa shape index (κ2) is 4.76. The van der Waals surface area contributed by atoms with E-state index in [1.165, 1.54) is 7.05 Å². The molecule has 3 amide bonds. The first-order valence-corrected chi connectivity index (χ1v) is 5.93. The number of benzene rings is 1. The molecule has 1 N–H and O–H groups in total. The molecule has 5 heteroatoms. The van der Waals surface area contributed by atoms with Gasteiger partial charge in [0, 0.05) is 7.05 Å². The third-order valence-electron chi connectivity index (χ3n) is 3.19. The Kier molecular flexibility index (Phi) is 3.29. The molecule has 100 valence electrons. The molecule has 1 fully saturated rings.